The fourth-order valence-electron chi connectivity index (χ4n) is 2.36. The highest BCUT2D eigenvalue weighted by molar-refractivity contribution is 5.22. The Morgan fingerprint density at radius 3 is 2.81 bits per heavy atom. The van der Waals surface area contributed by atoms with E-state index in [4.69, 9.17) is 5.73 Å². The molecule has 2 N–H and O–H groups in total. The van der Waals surface area contributed by atoms with Gasteiger partial charge in [-0.25, -0.2) is 4.98 Å². The molecule has 1 fully saturated rings. The van der Waals surface area contributed by atoms with Crippen molar-refractivity contribution >= 4 is 5.82 Å². The van der Waals surface area contributed by atoms with Gasteiger partial charge in [-0.2, -0.15) is 0 Å². The lowest BCUT2D eigenvalue weighted by molar-refractivity contribution is 0.110. The van der Waals surface area contributed by atoms with Gasteiger partial charge in [0, 0.05) is 13.1 Å². The first-order valence-electron chi connectivity index (χ1n) is 5.84. The maximum atomic E-state index is 5.52. The van der Waals surface area contributed by atoms with E-state index in [2.05, 4.69) is 28.7 Å². The molecule has 2 heterocycles. The lowest BCUT2D eigenvalue weighted by atomic mass is 9.84. The lowest BCUT2D eigenvalue weighted by Gasteiger charge is -2.37. The Hall–Kier alpha value is -1.16. The molecule has 0 amide bonds. The van der Waals surface area contributed by atoms with Crippen LogP contribution < -0.4 is 5.73 Å². The van der Waals surface area contributed by atoms with Gasteiger partial charge >= 0.3 is 0 Å². The van der Waals surface area contributed by atoms with Gasteiger partial charge < -0.3 is 5.73 Å². The number of nitrogens with two attached hydrogens (primary N) is 1. The second kappa shape index (κ2) is 4.37. The summed E-state index contributed by atoms with van der Waals surface area (Å²) in [5.41, 5.74) is 6.95. The summed E-state index contributed by atoms with van der Waals surface area (Å²) in [5, 5.41) is 0. The molecule has 0 saturated carbocycles. The van der Waals surface area contributed by atoms with Gasteiger partial charge in [0.15, 0.2) is 0 Å². The fourth-order valence-corrected chi connectivity index (χ4v) is 2.36. The van der Waals surface area contributed by atoms with Gasteiger partial charge in [-0.3, -0.25) is 9.88 Å². The summed E-state index contributed by atoms with van der Waals surface area (Å²) >= 11 is 0. The Kier molecular flexibility index (Phi) is 3.10. The van der Waals surface area contributed by atoms with Crippen LogP contribution in [0.15, 0.2) is 12.4 Å². The van der Waals surface area contributed by atoms with Gasteiger partial charge in [0.2, 0.25) is 0 Å². The second-order valence-electron chi connectivity index (χ2n) is 5.41. The first-order chi connectivity index (χ1) is 7.55. The number of nitrogens with zero attached hydrogens (tertiary/aromatic N) is 3. The summed E-state index contributed by atoms with van der Waals surface area (Å²) < 4.78 is 0. The van der Waals surface area contributed by atoms with Crippen LogP contribution >= 0.6 is 0 Å². The SMILES string of the molecule is CC1(C)CCCN(Cc2cnc(N)cn2)C1. The van der Waals surface area contributed by atoms with Gasteiger partial charge in [0.1, 0.15) is 5.82 Å². The van der Waals surface area contributed by atoms with Crippen molar-refractivity contribution < 1.29 is 0 Å². The largest absolute Gasteiger partial charge is 0.382 e. The Labute approximate surface area is 96.9 Å². The molecule has 4 heteroatoms. The van der Waals surface area contributed by atoms with Crippen LogP contribution in [0.25, 0.3) is 0 Å². The molecular formula is C12H20N4. The number of likely N-dealkylation sites (tertiary alicyclic amines) is 1. The van der Waals surface area contributed by atoms with Crippen LogP contribution in [-0.4, -0.2) is 28.0 Å². The second-order valence-corrected chi connectivity index (χ2v) is 5.41. The van der Waals surface area contributed by atoms with Gasteiger partial charge in [-0.1, -0.05) is 13.8 Å². The smallest absolute Gasteiger partial charge is 0.141 e. The third-order valence-electron chi connectivity index (χ3n) is 3.09. The lowest BCUT2D eigenvalue weighted by Crippen LogP contribution is -2.39. The standard InChI is InChI=1S/C12H20N4/c1-12(2)4-3-5-16(9-12)8-10-6-15-11(13)7-14-10/h6-7H,3-5,8-9H2,1-2H3,(H2,13,15). The van der Waals surface area contributed by atoms with Crippen molar-refractivity contribution in [2.75, 3.05) is 18.8 Å². The molecule has 0 radical (unpaired) electrons. The third-order valence-corrected chi connectivity index (χ3v) is 3.09. The number of aromatic nitrogens is 2. The highest BCUT2D eigenvalue weighted by Crippen LogP contribution is 2.28. The van der Waals surface area contributed by atoms with Crippen LogP contribution in [0.3, 0.4) is 0 Å². The molecule has 0 unspecified atom stereocenters. The minimum atomic E-state index is 0.430. The molecule has 1 aromatic heterocycles. The summed E-state index contributed by atoms with van der Waals surface area (Å²) in [6.07, 6.45) is 5.99. The van der Waals surface area contributed by atoms with E-state index in [0.29, 0.717) is 11.2 Å². The molecule has 4 nitrogen and oxygen atoms in total. The molecule has 0 aromatic carbocycles. The topological polar surface area (TPSA) is 55.0 Å². The van der Waals surface area contributed by atoms with E-state index < -0.39 is 0 Å². The molecule has 0 bridgehead atoms. The summed E-state index contributed by atoms with van der Waals surface area (Å²) in [6.45, 7) is 7.84. The number of hydrogen-bond donors (Lipinski definition) is 1. The van der Waals surface area contributed by atoms with Crippen LogP contribution in [0.1, 0.15) is 32.4 Å². The molecular weight excluding hydrogens is 200 g/mol. The normalized spacial score (nSPS) is 20.9. The number of anilines is 1. The highest BCUT2D eigenvalue weighted by Gasteiger charge is 2.26. The molecule has 1 aliphatic rings. The maximum Gasteiger partial charge on any atom is 0.141 e. The van der Waals surface area contributed by atoms with Crippen molar-refractivity contribution in [2.24, 2.45) is 5.41 Å². The fraction of sp³-hybridized carbons (Fsp3) is 0.667. The van der Waals surface area contributed by atoms with E-state index in [1.165, 1.54) is 12.8 Å². The zero-order valence-corrected chi connectivity index (χ0v) is 10.1. The Balaban J connectivity index is 1.97. The van der Waals surface area contributed by atoms with Crippen molar-refractivity contribution in [1.29, 1.82) is 0 Å². The monoisotopic (exact) mass is 220 g/mol. The van der Waals surface area contributed by atoms with Crippen molar-refractivity contribution in [3.05, 3.63) is 18.1 Å². The first kappa shape index (κ1) is 11.3. The quantitative estimate of drug-likeness (QED) is 0.824. The summed E-state index contributed by atoms with van der Waals surface area (Å²) in [4.78, 5) is 10.8. The number of nitrogen functional groups attached to an aromatic ring is 1. The van der Waals surface area contributed by atoms with Gasteiger partial charge in [0.25, 0.3) is 0 Å². The summed E-state index contributed by atoms with van der Waals surface area (Å²) in [5.74, 6) is 0.489. The molecule has 1 aliphatic heterocycles. The van der Waals surface area contributed by atoms with E-state index in [0.717, 1.165) is 25.3 Å². The van der Waals surface area contributed by atoms with Crippen LogP contribution in [0, 0.1) is 5.41 Å². The van der Waals surface area contributed by atoms with Crippen LogP contribution in [-0.2, 0) is 6.54 Å². The molecule has 0 atom stereocenters. The number of hydrogen-bond acceptors (Lipinski definition) is 4. The van der Waals surface area contributed by atoms with Gasteiger partial charge in [-0.15, -0.1) is 0 Å². The molecule has 1 aromatic rings. The first-order valence-corrected chi connectivity index (χ1v) is 5.84. The maximum absolute atomic E-state index is 5.52. The van der Waals surface area contributed by atoms with E-state index in [1.807, 2.05) is 0 Å². The zero-order chi connectivity index (χ0) is 11.6. The summed E-state index contributed by atoms with van der Waals surface area (Å²) in [6, 6.07) is 0. The number of piperidine rings is 1. The molecule has 1 saturated heterocycles. The molecule has 0 spiro atoms. The number of rotatable bonds is 2. The predicted molar refractivity (Wildman–Crippen MR) is 64.7 cm³/mol. The van der Waals surface area contributed by atoms with Crippen molar-refractivity contribution in [1.82, 2.24) is 14.9 Å². The molecule has 88 valence electrons. The zero-order valence-electron chi connectivity index (χ0n) is 10.1. The molecule has 16 heavy (non-hydrogen) atoms. The van der Waals surface area contributed by atoms with Crippen molar-refractivity contribution in [3.8, 4) is 0 Å². The minimum absolute atomic E-state index is 0.430. The van der Waals surface area contributed by atoms with Crippen LogP contribution in [0.2, 0.25) is 0 Å². The highest BCUT2D eigenvalue weighted by atomic mass is 15.1. The molecule has 2 rings (SSSR count). The average Bonchev–Trinajstić information content (AvgIpc) is 2.20. The van der Waals surface area contributed by atoms with Gasteiger partial charge in [-0.05, 0) is 24.8 Å². The van der Waals surface area contributed by atoms with E-state index in [9.17, 15) is 0 Å². The van der Waals surface area contributed by atoms with Crippen LogP contribution in [0.4, 0.5) is 5.82 Å². The minimum Gasteiger partial charge on any atom is -0.382 e. The Morgan fingerprint density at radius 2 is 2.19 bits per heavy atom. The Morgan fingerprint density at radius 1 is 1.38 bits per heavy atom. The predicted octanol–water partition coefficient (Wildman–Crippen LogP) is 1.68. The van der Waals surface area contributed by atoms with Crippen molar-refractivity contribution in [2.45, 2.75) is 33.2 Å². The van der Waals surface area contributed by atoms with Crippen LogP contribution in [0.5, 0.6) is 0 Å². The van der Waals surface area contributed by atoms with E-state index >= 15 is 0 Å². The van der Waals surface area contributed by atoms with E-state index in [-0.39, 0.29) is 0 Å². The third kappa shape index (κ3) is 2.92. The Bertz CT molecular complexity index is 345. The summed E-state index contributed by atoms with van der Waals surface area (Å²) in [7, 11) is 0. The average molecular weight is 220 g/mol. The van der Waals surface area contributed by atoms with E-state index in [1.54, 1.807) is 12.4 Å². The molecule has 0 aliphatic carbocycles. The van der Waals surface area contributed by atoms with Gasteiger partial charge in [0.05, 0.1) is 18.1 Å². The van der Waals surface area contributed by atoms with Crippen molar-refractivity contribution in [3.63, 3.8) is 0 Å².